The largest absolute Gasteiger partial charge is 0.461 e. The number of carbonyl (C=O) groups is 1. The van der Waals surface area contributed by atoms with Gasteiger partial charge in [-0.1, -0.05) is 37.6 Å². The molecule has 0 aliphatic carbocycles. The molecule has 0 saturated heterocycles. The standard InChI is InChI=1S/C18H18ClN3O2S/c1-10(2)8-24-18(23)15-11(3)14-16(20-9-21-17(14)25-15)22-13-7-5-4-6-12(13)19/h4-7,9-10H,8H2,1-3H3,(H,20,21,22). The monoisotopic (exact) mass is 375 g/mol. The highest BCUT2D eigenvalue weighted by Gasteiger charge is 2.21. The third-order valence-corrected chi connectivity index (χ3v) is 5.10. The van der Waals surface area contributed by atoms with E-state index in [9.17, 15) is 4.79 Å². The zero-order valence-corrected chi connectivity index (χ0v) is 15.7. The summed E-state index contributed by atoms with van der Waals surface area (Å²) in [4.78, 5) is 22.3. The highest BCUT2D eigenvalue weighted by molar-refractivity contribution is 7.20. The van der Waals surface area contributed by atoms with E-state index in [1.165, 1.54) is 17.7 Å². The Balaban J connectivity index is 1.98. The molecule has 3 rings (SSSR count). The topological polar surface area (TPSA) is 64.1 Å². The summed E-state index contributed by atoms with van der Waals surface area (Å²) < 4.78 is 5.36. The lowest BCUT2D eigenvalue weighted by molar-refractivity contribution is 0.0464. The van der Waals surface area contributed by atoms with Crippen LogP contribution in [0.2, 0.25) is 5.02 Å². The first-order valence-electron chi connectivity index (χ1n) is 7.90. The number of para-hydroxylation sites is 1. The molecular formula is C18H18ClN3O2S. The number of esters is 1. The number of rotatable bonds is 5. The lowest BCUT2D eigenvalue weighted by Gasteiger charge is -2.09. The van der Waals surface area contributed by atoms with Crippen LogP contribution in [0.15, 0.2) is 30.6 Å². The predicted octanol–water partition coefficient (Wildman–Crippen LogP) is 5.21. The normalized spacial score (nSPS) is 11.1. The average molecular weight is 376 g/mol. The molecule has 0 unspecified atom stereocenters. The van der Waals surface area contributed by atoms with Crippen LogP contribution in [-0.2, 0) is 4.74 Å². The molecule has 1 N–H and O–H groups in total. The predicted molar refractivity (Wildman–Crippen MR) is 102 cm³/mol. The van der Waals surface area contributed by atoms with E-state index >= 15 is 0 Å². The molecule has 0 fully saturated rings. The number of nitrogens with one attached hydrogen (secondary N) is 1. The molecular weight excluding hydrogens is 358 g/mol. The van der Waals surface area contributed by atoms with Gasteiger partial charge in [-0.25, -0.2) is 14.8 Å². The van der Waals surface area contributed by atoms with E-state index in [0.717, 1.165) is 21.5 Å². The number of anilines is 2. The number of benzene rings is 1. The van der Waals surface area contributed by atoms with Crippen molar-refractivity contribution in [3.63, 3.8) is 0 Å². The van der Waals surface area contributed by atoms with Crippen molar-refractivity contribution in [2.24, 2.45) is 5.92 Å². The molecule has 2 aromatic heterocycles. The fourth-order valence-electron chi connectivity index (χ4n) is 2.36. The van der Waals surface area contributed by atoms with Crippen molar-refractivity contribution in [1.29, 1.82) is 0 Å². The summed E-state index contributed by atoms with van der Waals surface area (Å²) in [6.45, 7) is 6.28. The van der Waals surface area contributed by atoms with Crippen LogP contribution in [0.4, 0.5) is 11.5 Å². The summed E-state index contributed by atoms with van der Waals surface area (Å²) in [7, 11) is 0. The van der Waals surface area contributed by atoms with Gasteiger partial charge < -0.3 is 10.1 Å². The van der Waals surface area contributed by atoms with Gasteiger partial charge in [-0.2, -0.15) is 0 Å². The summed E-state index contributed by atoms with van der Waals surface area (Å²) in [6.07, 6.45) is 1.47. The smallest absolute Gasteiger partial charge is 0.348 e. The van der Waals surface area contributed by atoms with Crippen molar-refractivity contribution in [2.45, 2.75) is 20.8 Å². The Bertz CT molecular complexity index is 924. The number of carbonyl (C=O) groups excluding carboxylic acids is 1. The fraction of sp³-hybridized carbons (Fsp3) is 0.278. The molecule has 0 aliphatic rings. The maximum atomic E-state index is 12.4. The maximum Gasteiger partial charge on any atom is 0.348 e. The van der Waals surface area contributed by atoms with E-state index in [-0.39, 0.29) is 11.9 Å². The second kappa shape index (κ2) is 7.37. The molecule has 7 heteroatoms. The van der Waals surface area contributed by atoms with E-state index in [2.05, 4.69) is 15.3 Å². The molecule has 0 amide bonds. The van der Waals surface area contributed by atoms with E-state index in [0.29, 0.717) is 22.3 Å². The first kappa shape index (κ1) is 17.6. The lowest BCUT2D eigenvalue weighted by atomic mass is 10.2. The Kier molecular flexibility index (Phi) is 5.20. The second-order valence-corrected chi connectivity index (χ2v) is 7.46. The highest BCUT2D eigenvalue weighted by Crippen LogP contribution is 2.35. The maximum absolute atomic E-state index is 12.4. The summed E-state index contributed by atoms with van der Waals surface area (Å²) in [5, 5.41) is 4.64. The number of halogens is 1. The zero-order chi connectivity index (χ0) is 18.0. The van der Waals surface area contributed by atoms with Crippen LogP contribution in [0.25, 0.3) is 10.2 Å². The lowest BCUT2D eigenvalue weighted by Crippen LogP contribution is -2.09. The molecule has 5 nitrogen and oxygen atoms in total. The van der Waals surface area contributed by atoms with Crippen LogP contribution in [0.1, 0.15) is 29.1 Å². The van der Waals surface area contributed by atoms with Crippen molar-refractivity contribution in [3.05, 3.63) is 46.1 Å². The quantitative estimate of drug-likeness (QED) is 0.620. The van der Waals surface area contributed by atoms with Gasteiger partial charge in [0.1, 0.15) is 21.9 Å². The molecule has 25 heavy (non-hydrogen) atoms. The van der Waals surface area contributed by atoms with Crippen molar-refractivity contribution in [3.8, 4) is 0 Å². The summed E-state index contributed by atoms with van der Waals surface area (Å²) in [5.74, 6) is 0.587. The number of hydrogen-bond donors (Lipinski definition) is 1. The zero-order valence-electron chi connectivity index (χ0n) is 14.2. The summed E-state index contributed by atoms with van der Waals surface area (Å²) in [6, 6.07) is 7.43. The Morgan fingerprint density at radius 3 is 2.80 bits per heavy atom. The van der Waals surface area contributed by atoms with Gasteiger partial charge in [0.15, 0.2) is 0 Å². The van der Waals surface area contributed by atoms with Crippen molar-refractivity contribution in [1.82, 2.24) is 9.97 Å². The van der Waals surface area contributed by atoms with Gasteiger partial charge >= 0.3 is 5.97 Å². The number of fused-ring (bicyclic) bond motifs is 1. The average Bonchev–Trinajstić information content (AvgIpc) is 2.93. The molecule has 0 radical (unpaired) electrons. The number of aromatic nitrogens is 2. The Morgan fingerprint density at radius 2 is 2.08 bits per heavy atom. The summed E-state index contributed by atoms with van der Waals surface area (Å²) >= 11 is 7.53. The Morgan fingerprint density at radius 1 is 1.32 bits per heavy atom. The number of hydrogen-bond acceptors (Lipinski definition) is 6. The molecule has 0 saturated carbocycles. The van der Waals surface area contributed by atoms with Crippen LogP contribution in [0.5, 0.6) is 0 Å². The van der Waals surface area contributed by atoms with Gasteiger partial charge in [0.05, 0.1) is 22.7 Å². The molecule has 2 heterocycles. The number of aryl methyl sites for hydroxylation is 1. The molecule has 0 atom stereocenters. The van der Waals surface area contributed by atoms with Crippen LogP contribution < -0.4 is 5.32 Å². The van der Waals surface area contributed by atoms with E-state index < -0.39 is 0 Å². The third kappa shape index (κ3) is 3.75. The highest BCUT2D eigenvalue weighted by atomic mass is 35.5. The summed E-state index contributed by atoms with van der Waals surface area (Å²) in [5.41, 5.74) is 1.56. The Labute approximate surface area is 155 Å². The molecule has 0 bridgehead atoms. The van der Waals surface area contributed by atoms with Crippen molar-refractivity contribution >= 4 is 50.6 Å². The van der Waals surface area contributed by atoms with Crippen LogP contribution in [-0.4, -0.2) is 22.5 Å². The molecule has 0 aliphatic heterocycles. The third-order valence-electron chi connectivity index (χ3n) is 3.59. The van der Waals surface area contributed by atoms with Crippen LogP contribution in [0.3, 0.4) is 0 Å². The van der Waals surface area contributed by atoms with Crippen LogP contribution >= 0.6 is 22.9 Å². The first-order chi connectivity index (χ1) is 12.0. The van der Waals surface area contributed by atoms with E-state index in [1.807, 2.05) is 39.0 Å². The SMILES string of the molecule is Cc1c(C(=O)OCC(C)C)sc2ncnc(Nc3ccccc3Cl)c12. The fourth-order valence-corrected chi connectivity index (χ4v) is 3.58. The van der Waals surface area contributed by atoms with Gasteiger partial charge in [-0.3, -0.25) is 0 Å². The Hall–Kier alpha value is -2.18. The van der Waals surface area contributed by atoms with E-state index in [1.54, 1.807) is 6.07 Å². The number of ether oxygens (including phenoxy) is 1. The minimum atomic E-state index is -0.321. The van der Waals surface area contributed by atoms with Gasteiger partial charge in [-0.05, 0) is 30.5 Å². The molecule has 0 spiro atoms. The number of nitrogens with zero attached hydrogens (tertiary/aromatic N) is 2. The van der Waals surface area contributed by atoms with Crippen molar-refractivity contribution in [2.75, 3.05) is 11.9 Å². The molecule has 3 aromatic rings. The molecule has 1 aromatic carbocycles. The minimum Gasteiger partial charge on any atom is -0.461 e. The van der Waals surface area contributed by atoms with Crippen molar-refractivity contribution < 1.29 is 9.53 Å². The van der Waals surface area contributed by atoms with Crippen LogP contribution in [0, 0.1) is 12.8 Å². The van der Waals surface area contributed by atoms with Gasteiger partial charge in [0.2, 0.25) is 0 Å². The minimum absolute atomic E-state index is 0.288. The van der Waals surface area contributed by atoms with Gasteiger partial charge in [0, 0.05) is 0 Å². The second-order valence-electron chi connectivity index (χ2n) is 6.06. The molecule has 130 valence electrons. The van der Waals surface area contributed by atoms with Gasteiger partial charge in [-0.15, -0.1) is 11.3 Å². The van der Waals surface area contributed by atoms with E-state index in [4.69, 9.17) is 16.3 Å². The first-order valence-corrected chi connectivity index (χ1v) is 9.09. The number of thiophene rings is 1. The van der Waals surface area contributed by atoms with Gasteiger partial charge in [0.25, 0.3) is 0 Å².